The van der Waals surface area contributed by atoms with Crippen molar-refractivity contribution in [3.63, 3.8) is 0 Å². The molecule has 2 aliphatic rings. The van der Waals surface area contributed by atoms with Crippen molar-refractivity contribution in [2.24, 2.45) is 0 Å². The maximum Gasteiger partial charge on any atom is 0.226 e. The molecule has 0 amide bonds. The van der Waals surface area contributed by atoms with Crippen LogP contribution < -0.4 is 19.3 Å². The summed E-state index contributed by atoms with van der Waals surface area (Å²) in [7, 11) is 3.37. The van der Waals surface area contributed by atoms with Gasteiger partial charge in [0.15, 0.2) is 0 Å². The van der Waals surface area contributed by atoms with E-state index in [2.05, 4.69) is 70.5 Å². The smallest absolute Gasteiger partial charge is 0.226 e. The van der Waals surface area contributed by atoms with Gasteiger partial charge in [-0.25, -0.2) is 19.9 Å². The Morgan fingerprint density at radius 2 is 0.804 bits per heavy atom. The normalized spacial score (nSPS) is 15.1. The Balaban J connectivity index is 1.30. The molecule has 4 heterocycles. The van der Waals surface area contributed by atoms with Gasteiger partial charge in [0.2, 0.25) is 11.9 Å². The van der Waals surface area contributed by atoms with E-state index in [0.29, 0.717) is 0 Å². The minimum Gasteiger partial charge on any atom is -0.497 e. The maximum atomic E-state index is 5.41. The summed E-state index contributed by atoms with van der Waals surface area (Å²) in [4.78, 5) is 25.0. The monoisotopic (exact) mass is 612 g/mol. The van der Waals surface area contributed by atoms with E-state index in [4.69, 9.17) is 29.4 Å². The molecule has 0 atom stereocenters. The Hall–Kier alpha value is -4.98. The van der Waals surface area contributed by atoms with Crippen LogP contribution in [0, 0.1) is 0 Å². The van der Waals surface area contributed by atoms with E-state index < -0.39 is 0 Å². The van der Waals surface area contributed by atoms with Crippen molar-refractivity contribution in [2.75, 3.05) is 50.2 Å². The third-order valence-electron chi connectivity index (χ3n) is 8.93. The Bertz CT molecular complexity index is 1650. The van der Waals surface area contributed by atoms with Crippen molar-refractivity contribution in [1.82, 2.24) is 19.9 Å². The summed E-state index contributed by atoms with van der Waals surface area (Å²) >= 11 is 0. The van der Waals surface area contributed by atoms with Gasteiger partial charge in [-0.05, 0) is 105 Å². The molecule has 0 spiro atoms. The molecule has 2 saturated heterocycles. The molecular formula is C38H40N6O2. The number of ether oxygens (including phenoxy) is 2. The highest BCUT2D eigenvalue weighted by molar-refractivity contribution is 5.76. The van der Waals surface area contributed by atoms with Crippen LogP contribution in [0.5, 0.6) is 11.5 Å². The lowest BCUT2D eigenvalue weighted by Gasteiger charge is -2.27. The fourth-order valence-corrected chi connectivity index (χ4v) is 6.29. The number of methoxy groups -OCH3 is 2. The molecule has 46 heavy (non-hydrogen) atoms. The van der Waals surface area contributed by atoms with E-state index >= 15 is 0 Å². The van der Waals surface area contributed by atoms with Gasteiger partial charge in [0, 0.05) is 48.4 Å². The predicted octanol–water partition coefficient (Wildman–Crippen LogP) is 7.93. The van der Waals surface area contributed by atoms with Gasteiger partial charge in [-0.3, -0.25) is 0 Å². The van der Waals surface area contributed by atoms with Crippen molar-refractivity contribution in [3.8, 4) is 56.5 Å². The molecule has 0 radical (unpaired) electrons. The number of piperidine rings is 2. The number of nitrogens with zero attached hydrogens (tertiary/aromatic N) is 6. The zero-order valence-electron chi connectivity index (χ0n) is 26.7. The second-order valence-corrected chi connectivity index (χ2v) is 12.0. The minimum atomic E-state index is 0.782. The van der Waals surface area contributed by atoms with Gasteiger partial charge in [0.1, 0.15) is 11.5 Å². The molecule has 8 nitrogen and oxygen atoms in total. The Kier molecular flexibility index (Phi) is 8.76. The maximum absolute atomic E-state index is 5.41. The number of hydrogen-bond acceptors (Lipinski definition) is 8. The van der Waals surface area contributed by atoms with E-state index in [1.165, 1.54) is 12.8 Å². The zero-order chi connectivity index (χ0) is 31.3. The average Bonchev–Trinajstić information content (AvgIpc) is 3.15. The van der Waals surface area contributed by atoms with Crippen LogP contribution in [0.2, 0.25) is 0 Å². The summed E-state index contributed by atoms with van der Waals surface area (Å²) < 4.78 is 10.8. The van der Waals surface area contributed by atoms with Crippen LogP contribution in [0.1, 0.15) is 38.5 Å². The van der Waals surface area contributed by atoms with E-state index in [1.54, 1.807) is 14.2 Å². The first kappa shape index (κ1) is 29.7. The number of hydrogen-bond donors (Lipinski definition) is 0. The molecule has 2 aromatic heterocycles. The zero-order valence-corrected chi connectivity index (χ0v) is 26.7. The largest absolute Gasteiger partial charge is 0.497 e. The summed E-state index contributed by atoms with van der Waals surface area (Å²) in [6.07, 6.45) is 7.13. The SMILES string of the molecule is COc1ccc(-c2cc(-c3cccc(-c4cc(-c5ccc(OC)cc5)nc(N5CCCCC5)n4)c3)nc(N3CCCCC3)n2)cc1. The van der Waals surface area contributed by atoms with Gasteiger partial charge in [-0.2, -0.15) is 0 Å². The van der Waals surface area contributed by atoms with Crippen molar-refractivity contribution in [1.29, 1.82) is 0 Å². The highest BCUT2D eigenvalue weighted by Gasteiger charge is 2.19. The summed E-state index contributed by atoms with van der Waals surface area (Å²) in [6.45, 7) is 3.89. The summed E-state index contributed by atoms with van der Waals surface area (Å²) in [5.74, 6) is 3.21. The Morgan fingerprint density at radius 1 is 0.435 bits per heavy atom. The molecular weight excluding hydrogens is 572 g/mol. The van der Waals surface area contributed by atoms with Crippen LogP contribution in [0.15, 0.2) is 84.9 Å². The van der Waals surface area contributed by atoms with Crippen LogP contribution in [-0.2, 0) is 0 Å². The van der Waals surface area contributed by atoms with Crippen molar-refractivity contribution in [3.05, 3.63) is 84.9 Å². The number of rotatable bonds is 8. The molecule has 8 heteroatoms. The van der Waals surface area contributed by atoms with Gasteiger partial charge in [-0.1, -0.05) is 18.2 Å². The second-order valence-electron chi connectivity index (χ2n) is 12.0. The average molecular weight is 613 g/mol. The first-order valence-corrected chi connectivity index (χ1v) is 16.3. The quantitative estimate of drug-likeness (QED) is 0.175. The molecule has 7 rings (SSSR count). The summed E-state index contributed by atoms with van der Waals surface area (Å²) in [5.41, 5.74) is 7.70. The molecule has 0 unspecified atom stereocenters. The molecule has 0 aliphatic carbocycles. The van der Waals surface area contributed by atoms with E-state index in [9.17, 15) is 0 Å². The fraction of sp³-hybridized carbons (Fsp3) is 0.316. The molecule has 234 valence electrons. The van der Waals surface area contributed by atoms with Crippen LogP contribution in [0.25, 0.3) is 45.0 Å². The summed E-state index contributed by atoms with van der Waals surface area (Å²) in [6, 6.07) is 28.9. The van der Waals surface area contributed by atoms with Crippen molar-refractivity contribution >= 4 is 11.9 Å². The fourth-order valence-electron chi connectivity index (χ4n) is 6.29. The topological polar surface area (TPSA) is 76.5 Å². The molecule has 0 saturated carbocycles. The second kappa shape index (κ2) is 13.6. The van der Waals surface area contributed by atoms with Crippen LogP contribution in [0.3, 0.4) is 0 Å². The molecule has 5 aromatic rings. The third-order valence-corrected chi connectivity index (χ3v) is 8.93. The van der Waals surface area contributed by atoms with Crippen LogP contribution in [0.4, 0.5) is 11.9 Å². The lowest BCUT2D eigenvalue weighted by atomic mass is 10.0. The van der Waals surface area contributed by atoms with Crippen molar-refractivity contribution in [2.45, 2.75) is 38.5 Å². The lowest BCUT2D eigenvalue weighted by molar-refractivity contribution is 0.415. The number of benzene rings is 3. The Morgan fingerprint density at radius 3 is 1.17 bits per heavy atom. The van der Waals surface area contributed by atoms with E-state index in [-0.39, 0.29) is 0 Å². The molecule has 2 fully saturated rings. The highest BCUT2D eigenvalue weighted by Crippen LogP contribution is 2.33. The standard InChI is InChI=1S/C38H40N6O2/c1-45-31-16-12-27(13-17-31)33-25-35(41-37(39-33)43-20-5-3-6-21-43)29-10-9-11-30(24-29)36-26-34(28-14-18-32(46-2)19-15-28)40-38(42-36)44-22-7-4-8-23-44/h9-19,24-26H,3-8,20-23H2,1-2H3. The van der Waals surface area contributed by atoms with Gasteiger partial charge in [0.05, 0.1) is 37.0 Å². The summed E-state index contributed by atoms with van der Waals surface area (Å²) in [5, 5.41) is 0. The third kappa shape index (κ3) is 6.52. The molecule has 3 aromatic carbocycles. The Labute approximate surface area is 271 Å². The van der Waals surface area contributed by atoms with Gasteiger partial charge in [-0.15, -0.1) is 0 Å². The van der Waals surface area contributed by atoms with Gasteiger partial charge in [0.25, 0.3) is 0 Å². The van der Waals surface area contributed by atoms with Crippen molar-refractivity contribution < 1.29 is 9.47 Å². The molecule has 0 bridgehead atoms. The first-order valence-electron chi connectivity index (χ1n) is 16.3. The van der Waals surface area contributed by atoms with Gasteiger partial charge < -0.3 is 19.3 Å². The van der Waals surface area contributed by atoms with E-state index in [0.717, 1.165) is 120 Å². The number of anilines is 2. The molecule has 2 aliphatic heterocycles. The number of aromatic nitrogens is 4. The van der Waals surface area contributed by atoms with Gasteiger partial charge >= 0.3 is 0 Å². The van der Waals surface area contributed by atoms with Crippen LogP contribution in [-0.4, -0.2) is 60.3 Å². The molecule has 0 N–H and O–H groups in total. The lowest BCUT2D eigenvalue weighted by Crippen LogP contribution is -2.31. The van der Waals surface area contributed by atoms with E-state index in [1.807, 2.05) is 24.3 Å². The van der Waals surface area contributed by atoms with Crippen LogP contribution >= 0.6 is 0 Å². The highest BCUT2D eigenvalue weighted by atomic mass is 16.5. The first-order chi connectivity index (χ1) is 22.7. The minimum absolute atomic E-state index is 0.782. The predicted molar refractivity (Wildman–Crippen MR) is 185 cm³/mol.